The highest BCUT2D eigenvalue weighted by molar-refractivity contribution is 5.75. The zero-order valence-electron chi connectivity index (χ0n) is 16.4. The van der Waals surface area contributed by atoms with E-state index in [0.717, 1.165) is 63.2 Å². The first-order valence-electron chi connectivity index (χ1n) is 10.0. The second-order valence-electron chi connectivity index (χ2n) is 7.76. The molecule has 27 heavy (non-hydrogen) atoms. The number of likely N-dealkylation sites (tertiary alicyclic amines) is 2. The smallest absolute Gasteiger partial charge is 0.317 e. The van der Waals surface area contributed by atoms with Gasteiger partial charge in [-0.1, -0.05) is 18.2 Å². The largest absolute Gasteiger partial charge is 0.493 e. The molecule has 0 unspecified atom stereocenters. The minimum atomic E-state index is 0.0249. The summed E-state index contributed by atoms with van der Waals surface area (Å²) in [5.74, 6) is 1.41. The molecule has 1 N–H and O–H groups in total. The normalized spacial score (nSPS) is 21.0. The van der Waals surface area contributed by atoms with E-state index >= 15 is 0 Å². The van der Waals surface area contributed by atoms with Crippen LogP contribution in [0.5, 0.6) is 5.75 Å². The van der Waals surface area contributed by atoms with Crippen LogP contribution in [0.1, 0.15) is 38.2 Å². The Kier molecular flexibility index (Phi) is 6.58. The van der Waals surface area contributed by atoms with Crippen LogP contribution in [0.4, 0.5) is 4.79 Å². The van der Waals surface area contributed by atoms with E-state index < -0.39 is 0 Å². The van der Waals surface area contributed by atoms with Crippen LogP contribution in [0.3, 0.4) is 0 Å². The van der Waals surface area contributed by atoms with Crippen molar-refractivity contribution in [2.24, 2.45) is 5.92 Å². The Morgan fingerprint density at radius 3 is 2.56 bits per heavy atom. The Morgan fingerprint density at radius 2 is 1.85 bits per heavy atom. The number of nitrogens with one attached hydrogen (secondary N) is 1. The van der Waals surface area contributed by atoms with E-state index in [1.54, 1.807) is 6.92 Å². The maximum atomic E-state index is 12.6. The van der Waals surface area contributed by atoms with Gasteiger partial charge in [-0.05, 0) is 44.2 Å². The third-order valence-electron chi connectivity index (χ3n) is 5.64. The lowest BCUT2D eigenvalue weighted by Gasteiger charge is -2.36. The third-order valence-corrected chi connectivity index (χ3v) is 5.64. The number of benzene rings is 1. The second kappa shape index (κ2) is 9.11. The number of amides is 3. The highest BCUT2D eigenvalue weighted by Crippen LogP contribution is 2.21. The van der Waals surface area contributed by atoms with E-state index in [-0.39, 0.29) is 18.0 Å². The topological polar surface area (TPSA) is 61.9 Å². The van der Waals surface area contributed by atoms with Crippen molar-refractivity contribution in [3.8, 4) is 5.75 Å². The predicted octanol–water partition coefficient (Wildman–Crippen LogP) is 2.81. The number of para-hydroxylation sites is 1. The summed E-state index contributed by atoms with van der Waals surface area (Å²) >= 11 is 0. The monoisotopic (exact) mass is 373 g/mol. The molecule has 2 aliphatic heterocycles. The standard InChI is InChI=1S/C21H31N3O3/c1-16-6-3-4-8-20(16)27-15-18-7-5-11-24(14-18)21(26)22-19-9-12-23(13-10-19)17(2)25/h3-4,6,8,18-19H,5,7,9-15H2,1-2H3,(H,22,26)/t18-/m1/s1. The Morgan fingerprint density at radius 1 is 1.11 bits per heavy atom. The second-order valence-corrected chi connectivity index (χ2v) is 7.76. The van der Waals surface area contributed by atoms with Crippen molar-refractivity contribution >= 4 is 11.9 Å². The number of ether oxygens (including phenoxy) is 1. The van der Waals surface area contributed by atoms with Gasteiger partial charge in [0.2, 0.25) is 5.91 Å². The van der Waals surface area contributed by atoms with Crippen LogP contribution < -0.4 is 10.1 Å². The molecule has 1 aromatic rings. The highest BCUT2D eigenvalue weighted by Gasteiger charge is 2.27. The maximum absolute atomic E-state index is 12.6. The number of aryl methyl sites for hydroxylation is 1. The first-order chi connectivity index (χ1) is 13.0. The lowest BCUT2D eigenvalue weighted by Crippen LogP contribution is -2.52. The lowest BCUT2D eigenvalue weighted by atomic mass is 9.99. The number of carbonyl (C=O) groups is 2. The van der Waals surface area contributed by atoms with Gasteiger partial charge in [0.05, 0.1) is 6.61 Å². The van der Waals surface area contributed by atoms with Crippen LogP contribution in [0, 0.1) is 12.8 Å². The Labute approximate surface area is 161 Å². The van der Waals surface area contributed by atoms with E-state index in [2.05, 4.69) is 5.32 Å². The van der Waals surface area contributed by atoms with E-state index in [9.17, 15) is 9.59 Å². The van der Waals surface area contributed by atoms with Gasteiger partial charge in [0.25, 0.3) is 0 Å². The molecule has 2 aliphatic rings. The van der Waals surface area contributed by atoms with Crippen molar-refractivity contribution in [3.63, 3.8) is 0 Å². The molecule has 0 bridgehead atoms. The molecule has 2 fully saturated rings. The van der Waals surface area contributed by atoms with Crippen molar-refractivity contribution in [2.75, 3.05) is 32.8 Å². The molecule has 0 aliphatic carbocycles. The molecule has 148 valence electrons. The molecule has 6 heteroatoms. The Bertz CT molecular complexity index is 656. The number of hydrogen-bond acceptors (Lipinski definition) is 3. The summed E-state index contributed by atoms with van der Waals surface area (Å²) in [6.45, 7) is 7.30. The van der Waals surface area contributed by atoms with Crippen LogP contribution in [-0.4, -0.2) is 60.6 Å². The molecule has 1 atom stereocenters. The average molecular weight is 373 g/mol. The zero-order valence-corrected chi connectivity index (χ0v) is 16.4. The minimum absolute atomic E-state index is 0.0249. The van der Waals surface area contributed by atoms with Crippen molar-refractivity contribution in [2.45, 2.75) is 45.6 Å². The molecule has 0 spiro atoms. The molecular formula is C21H31N3O3. The fourth-order valence-electron chi connectivity index (χ4n) is 3.92. The van der Waals surface area contributed by atoms with Gasteiger partial charge in [0, 0.05) is 45.1 Å². The third kappa shape index (κ3) is 5.37. The van der Waals surface area contributed by atoms with Crippen LogP contribution in [0.15, 0.2) is 24.3 Å². The van der Waals surface area contributed by atoms with E-state index in [4.69, 9.17) is 4.74 Å². The lowest BCUT2D eigenvalue weighted by molar-refractivity contribution is -0.129. The maximum Gasteiger partial charge on any atom is 0.317 e. The quantitative estimate of drug-likeness (QED) is 0.883. The van der Waals surface area contributed by atoms with E-state index in [1.165, 1.54) is 0 Å². The molecule has 3 rings (SSSR count). The minimum Gasteiger partial charge on any atom is -0.493 e. The van der Waals surface area contributed by atoms with Crippen LogP contribution in [0.2, 0.25) is 0 Å². The molecule has 0 aromatic heterocycles. The Balaban J connectivity index is 1.44. The van der Waals surface area contributed by atoms with Crippen molar-refractivity contribution < 1.29 is 14.3 Å². The molecule has 0 saturated carbocycles. The Hall–Kier alpha value is -2.24. The molecule has 2 saturated heterocycles. The molecule has 3 amide bonds. The van der Waals surface area contributed by atoms with Gasteiger partial charge in [-0.25, -0.2) is 4.79 Å². The van der Waals surface area contributed by atoms with E-state index in [0.29, 0.717) is 12.5 Å². The SMILES string of the molecule is CC(=O)N1CCC(NC(=O)N2CCC[C@@H](COc3ccccc3C)C2)CC1. The van der Waals surface area contributed by atoms with Gasteiger partial charge in [-0.3, -0.25) is 4.79 Å². The summed E-state index contributed by atoms with van der Waals surface area (Å²) in [7, 11) is 0. The van der Waals surface area contributed by atoms with Gasteiger partial charge in [0.1, 0.15) is 5.75 Å². The molecule has 6 nitrogen and oxygen atoms in total. The zero-order chi connectivity index (χ0) is 19.2. The summed E-state index contributed by atoms with van der Waals surface area (Å²) < 4.78 is 5.99. The first kappa shape index (κ1) is 19.5. The fraction of sp³-hybridized carbons (Fsp3) is 0.619. The van der Waals surface area contributed by atoms with Gasteiger partial charge in [0.15, 0.2) is 0 Å². The summed E-state index contributed by atoms with van der Waals surface area (Å²) in [5, 5.41) is 3.16. The fourth-order valence-corrected chi connectivity index (χ4v) is 3.92. The average Bonchev–Trinajstić information content (AvgIpc) is 2.68. The van der Waals surface area contributed by atoms with Crippen molar-refractivity contribution in [1.29, 1.82) is 0 Å². The summed E-state index contributed by atoms with van der Waals surface area (Å²) in [4.78, 5) is 27.8. The summed E-state index contributed by atoms with van der Waals surface area (Å²) in [6.07, 6.45) is 3.77. The number of rotatable bonds is 4. The first-order valence-corrected chi connectivity index (χ1v) is 10.0. The highest BCUT2D eigenvalue weighted by atomic mass is 16.5. The molecule has 1 aromatic carbocycles. The number of nitrogens with zero attached hydrogens (tertiary/aromatic N) is 2. The van der Waals surface area contributed by atoms with E-state index in [1.807, 2.05) is 41.0 Å². The van der Waals surface area contributed by atoms with Gasteiger partial charge in [-0.15, -0.1) is 0 Å². The van der Waals surface area contributed by atoms with Crippen molar-refractivity contribution in [1.82, 2.24) is 15.1 Å². The predicted molar refractivity (Wildman–Crippen MR) is 105 cm³/mol. The number of carbonyl (C=O) groups excluding carboxylic acids is 2. The van der Waals surface area contributed by atoms with Crippen molar-refractivity contribution in [3.05, 3.63) is 29.8 Å². The number of urea groups is 1. The van der Waals surface area contributed by atoms with Gasteiger partial charge < -0.3 is 19.9 Å². The number of piperidine rings is 2. The van der Waals surface area contributed by atoms with Crippen LogP contribution in [-0.2, 0) is 4.79 Å². The molecule has 2 heterocycles. The van der Waals surface area contributed by atoms with Crippen LogP contribution >= 0.6 is 0 Å². The van der Waals surface area contributed by atoms with Gasteiger partial charge in [-0.2, -0.15) is 0 Å². The summed E-state index contributed by atoms with van der Waals surface area (Å²) in [6, 6.07) is 8.23. The molecular weight excluding hydrogens is 342 g/mol. The molecule has 0 radical (unpaired) electrons. The van der Waals surface area contributed by atoms with Crippen LogP contribution in [0.25, 0.3) is 0 Å². The summed E-state index contributed by atoms with van der Waals surface area (Å²) in [5.41, 5.74) is 1.14. The van der Waals surface area contributed by atoms with Gasteiger partial charge >= 0.3 is 6.03 Å². The number of hydrogen-bond donors (Lipinski definition) is 1.